The largest absolute Gasteiger partial charge is 0.339 e. The van der Waals surface area contributed by atoms with Gasteiger partial charge in [0.2, 0.25) is 11.7 Å². The van der Waals surface area contributed by atoms with Crippen molar-refractivity contribution < 1.29 is 4.52 Å². The zero-order valence-corrected chi connectivity index (χ0v) is 11.3. The Hall–Kier alpha value is -1.82. The number of aromatic nitrogens is 4. The Labute approximate surface area is 112 Å². The van der Waals surface area contributed by atoms with Crippen molar-refractivity contribution in [3.05, 3.63) is 24.5 Å². The molecule has 102 valence electrons. The van der Waals surface area contributed by atoms with Gasteiger partial charge in [-0.1, -0.05) is 19.0 Å². The van der Waals surface area contributed by atoms with Gasteiger partial charge in [0, 0.05) is 12.6 Å². The van der Waals surface area contributed by atoms with E-state index in [2.05, 4.69) is 34.0 Å². The lowest BCUT2D eigenvalue weighted by molar-refractivity contribution is 0.332. The molecule has 19 heavy (non-hydrogen) atoms. The van der Waals surface area contributed by atoms with Crippen molar-refractivity contribution in [3.63, 3.8) is 0 Å². The molecule has 6 nitrogen and oxygen atoms in total. The molecular formula is C13H19N5O. The molecule has 1 atom stereocenters. The van der Waals surface area contributed by atoms with E-state index in [1.807, 2.05) is 0 Å². The Morgan fingerprint density at radius 1 is 1.37 bits per heavy atom. The summed E-state index contributed by atoms with van der Waals surface area (Å²) in [4.78, 5) is 12.3. The van der Waals surface area contributed by atoms with Gasteiger partial charge in [0.25, 0.3) is 0 Å². The van der Waals surface area contributed by atoms with Crippen molar-refractivity contribution in [1.82, 2.24) is 20.1 Å². The van der Waals surface area contributed by atoms with E-state index in [1.54, 1.807) is 12.3 Å². The first-order valence-electron chi connectivity index (χ1n) is 6.48. The van der Waals surface area contributed by atoms with E-state index in [4.69, 9.17) is 10.3 Å². The molecule has 2 rings (SSSR count). The number of hydrogen-bond donors (Lipinski definition) is 1. The maximum atomic E-state index is 5.78. The van der Waals surface area contributed by atoms with Crippen molar-refractivity contribution in [2.75, 3.05) is 6.54 Å². The van der Waals surface area contributed by atoms with E-state index >= 15 is 0 Å². The minimum atomic E-state index is 0.374. The van der Waals surface area contributed by atoms with Gasteiger partial charge in [0.1, 0.15) is 12.0 Å². The van der Waals surface area contributed by atoms with E-state index in [0.29, 0.717) is 42.2 Å². The van der Waals surface area contributed by atoms with E-state index in [9.17, 15) is 0 Å². The summed E-state index contributed by atoms with van der Waals surface area (Å²) in [6, 6.07) is 1.75. The number of hydrogen-bond acceptors (Lipinski definition) is 6. The third-order valence-corrected chi connectivity index (χ3v) is 2.88. The topological polar surface area (TPSA) is 90.7 Å². The van der Waals surface area contributed by atoms with Crippen LogP contribution in [0.5, 0.6) is 0 Å². The van der Waals surface area contributed by atoms with Gasteiger partial charge in [0.15, 0.2) is 0 Å². The molecule has 0 bridgehead atoms. The Balaban J connectivity index is 2.05. The molecule has 2 N–H and O–H groups in total. The van der Waals surface area contributed by atoms with Crippen molar-refractivity contribution in [2.45, 2.75) is 26.7 Å². The second-order valence-corrected chi connectivity index (χ2v) is 5.04. The predicted molar refractivity (Wildman–Crippen MR) is 71.0 cm³/mol. The normalized spacial score (nSPS) is 12.8. The molecule has 0 fully saturated rings. The van der Waals surface area contributed by atoms with Crippen LogP contribution in [0.1, 0.15) is 26.2 Å². The lowest BCUT2D eigenvalue weighted by Gasteiger charge is -2.14. The average Bonchev–Trinajstić information content (AvgIpc) is 2.87. The average molecular weight is 261 g/mol. The van der Waals surface area contributed by atoms with E-state index in [-0.39, 0.29) is 0 Å². The first kappa shape index (κ1) is 13.6. The van der Waals surface area contributed by atoms with Gasteiger partial charge < -0.3 is 10.3 Å². The molecule has 2 aromatic heterocycles. The molecule has 0 spiro atoms. The fourth-order valence-corrected chi connectivity index (χ4v) is 2.04. The standard InChI is InChI=1S/C13H19N5O/c1-9(2)5-10(7-14)6-12-17-13(18-19-12)11-3-4-15-8-16-11/h3-4,8-10H,5-7,14H2,1-2H3. The summed E-state index contributed by atoms with van der Waals surface area (Å²) in [6.07, 6.45) is 4.89. The third kappa shape index (κ3) is 3.82. The Morgan fingerprint density at radius 3 is 2.84 bits per heavy atom. The van der Waals surface area contributed by atoms with Crippen LogP contribution in [-0.2, 0) is 6.42 Å². The van der Waals surface area contributed by atoms with Crippen LogP contribution >= 0.6 is 0 Å². The molecule has 1 unspecified atom stereocenters. The summed E-state index contributed by atoms with van der Waals surface area (Å²) in [5.74, 6) is 2.10. The molecular weight excluding hydrogens is 242 g/mol. The molecule has 0 aliphatic carbocycles. The van der Waals surface area contributed by atoms with E-state index < -0.39 is 0 Å². The zero-order chi connectivity index (χ0) is 13.7. The molecule has 0 radical (unpaired) electrons. The number of nitrogens with two attached hydrogens (primary N) is 1. The van der Waals surface area contributed by atoms with Crippen molar-refractivity contribution in [2.24, 2.45) is 17.6 Å². The van der Waals surface area contributed by atoms with Crippen molar-refractivity contribution in [1.29, 1.82) is 0 Å². The fraction of sp³-hybridized carbons (Fsp3) is 0.538. The van der Waals surface area contributed by atoms with Gasteiger partial charge in [-0.3, -0.25) is 0 Å². The minimum Gasteiger partial charge on any atom is -0.339 e. The first-order valence-corrected chi connectivity index (χ1v) is 6.48. The van der Waals surface area contributed by atoms with Crippen LogP contribution in [0, 0.1) is 11.8 Å². The van der Waals surface area contributed by atoms with Gasteiger partial charge in [-0.05, 0) is 30.9 Å². The summed E-state index contributed by atoms with van der Waals surface area (Å²) in [5, 5.41) is 3.94. The highest BCUT2D eigenvalue weighted by atomic mass is 16.5. The van der Waals surface area contributed by atoms with Crippen molar-refractivity contribution >= 4 is 0 Å². The molecule has 0 aromatic carbocycles. The maximum Gasteiger partial charge on any atom is 0.227 e. The predicted octanol–water partition coefficient (Wildman–Crippen LogP) is 1.69. The van der Waals surface area contributed by atoms with Crippen LogP contribution in [0.4, 0.5) is 0 Å². The third-order valence-electron chi connectivity index (χ3n) is 2.88. The first-order chi connectivity index (χ1) is 9.19. The van der Waals surface area contributed by atoms with Gasteiger partial charge in [-0.25, -0.2) is 9.97 Å². The second kappa shape index (κ2) is 6.38. The van der Waals surface area contributed by atoms with Crippen LogP contribution in [0.2, 0.25) is 0 Å². The summed E-state index contributed by atoms with van der Waals surface area (Å²) in [7, 11) is 0. The van der Waals surface area contributed by atoms with Crippen LogP contribution in [0.25, 0.3) is 11.5 Å². The molecule has 0 amide bonds. The smallest absolute Gasteiger partial charge is 0.227 e. The summed E-state index contributed by atoms with van der Waals surface area (Å²) in [5.41, 5.74) is 6.44. The minimum absolute atomic E-state index is 0.374. The molecule has 0 saturated carbocycles. The highest BCUT2D eigenvalue weighted by Crippen LogP contribution is 2.17. The van der Waals surface area contributed by atoms with Crippen LogP contribution in [0.15, 0.2) is 23.1 Å². The highest BCUT2D eigenvalue weighted by Gasteiger charge is 2.15. The Bertz CT molecular complexity index is 497. The van der Waals surface area contributed by atoms with E-state index in [0.717, 1.165) is 6.42 Å². The molecule has 2 heterocycles. The molecule has 2 aromatic rings. The maximum absolute atomic E-state index is 5.78. The molecule has 0 aliphatic rings. The number of rotatable bonds is 6. The second-order valence-electron chi connectivity index (χ2n) is 5.04. The molecule has 0 aliphatic heterocycles. The van der Waals surface area contributed by atoms with Gasteiger partial charge in [-0.15, -0.1) is 0 Å². The van der Waals surface area contributed by atoms with Gasteiger partial charge >= 0.3 is 0 Å². The lowest BCUT2D eigenvalue weighted by Crippen LogP contribution is -2.19. The molecule has 0 saturated heterocycles. The van der Waals surface area contributed by atoms with Crippen LogP contribution in [0.3, 0.4) is 0 Å². The number of nitrogens with zero attached hydrogens (tertiary/aromatic N) is 4. The van der Waals surface area contributed by atoms with Crippen LogP contribution in [-0.4, -0.2) is 26.7 Å². The van der Waals surface area contributed by atoms with Crippen molar-refractivity contribution in [3.8, 4) is 11.5 Å². The quantitative estimate of drug-likeness (QED) is 0.850. The SMILES string of the molecule is CC(C)CC(CN)Cc1nc(-c2ccncn2)no1. The Morgan fingerprint density at radius 2 is 2.21 bits per heavy atom. The highest BCUT2D eigenvalue weighted by molar-refractivity contribution is 5.46. The summed E-state index contributed by atoms with van der Waals surface area (Å²) in [6.45, 7) is 5.00. The van der Waals surface area contributed by atoms with Gasteiger partial charge in [-0.2, -0.15) is 4.98 Å². The van der Waals surface area contributed by atoms with Crippen LogP contribution < -0.4 is 5.73 Å². The van der Waals surface area contributed by atoms with E-state index in [1.165, 1.54) is 6.33 Å². The monoisotopic (exact) mass is 261 g/mol. The fourth-order valence-electron chi connectivity index (χ4n) is 2.04. The lowest BCUT2D eigenvalue weighted by atomic mass is 9.94. The van der Waals surface area contributed by atoms with Gasteiger partial charge in [0.05, 0.1) is 0 Å². The summed E-state index contributed by atoms with van der Waals surface area (Å²) >= 11 is 0. The summed E-state index contributed by atoms with van der Waals surface area (Å²) < 4.78 is 5.26. The Kier molecular flexibility index (Phi) is 4.57. The zero-order valence-electron chi connectivity index (χ0n) is 11.3. The molecule has 6 heteroatoms.